The zero-order valence-electron chi connectivity index (χ0n) is 18.4. The van der Waals surface area contributed by atoms with E-state index >= 15 is 0 Å². The third-order valence-corrected chi connectivity index (χ3v) is 5.53. The van der Waals surface area contributed by atoms with Crippen LogP contribution in [-0.4, -0.2) is 55.0 Å². The number of ether oxygens (including phenoxy) is 1. The summed E-state index contributed by atoms with van der Waals surface area (Å²) in [5, 5.41) is 5.88. The molecular formula is C23H37N3O3. The van der Waals surface area contributed by atoms with E-state index in [9.17, 15) is 9.59 Å². The average Bonchev–Trinajstić information content (AvgIpc) is 2.71. The van der Waals surface area contributed by atoms with Gasteiger partial charge in [-0.05, 0) is 69.8 Å². The number of nitrogens with one attached hydrogen (secondary N) is 2. The maximum absolute atomic E-state index is 12.6. The fourth-order valence-corrected chi connectivity index (χ4v) is 3.72. The van der Waals surface area contributed by atoms with Crippen molar-refractivity contribution in [1.29, 1.82) is 0 Å². The van der Waals surface area contributed by atoms with Crippen LogP contribution in [0, 0.1) is 5.92 Å². The van der Waals surface area contributed by atoms with Crippen LogP contribution in [0.5, 0.6) is 5.75 Å². The smallest absolute Gasteiger partial charge is 0.251 e. The van der Waals surface area contributed by atoms with E-state index in [0.717, 1.165) is 25.3 Å². The summed E-state index contributed by atoms with van der Waals surface area (Å²) in [5.41, 5.74) is 0.519. The fourth-order valence-electron chi connectivity index (χ4n) is 3.72. The summed E-state index contributed by atoms with van der Waals surface area (Å²) in [5.74, 6) is 0.365. The van der Waals surface area contributed by atoms with Gasteiger partial charge in [0, 0.05) is 24.7 Å². The quantitative estimate of drug-likeness (QED) is 0.589. The van der Waals surface area contributed by atoms with Crippen molar-refractivity contribution >= 4 is 11.8 Å². The summed E-state index contributed by atoms with van der Waals surface area (Å²) in [7, 11) is 0. The Balaban J connectivity index is 1.81. The number of amides is 2. The number of carbonyl (C=O) groups is 2. The molecule has 2 amide bonds. The van der Waals surface area contributed by atoms with Crippen LogP contribution < -0.4 is 15.4 Å². The molecule has 1 heterocycles. The van der Waals surface area contributed by atoms with Crippen molar-refractivity contribution in [1.82, 2.24) is 15.5 Å². The van der Waals surface area contributed by atoms with E-state index in [-0.39, 0.29) is 17.7 Å². The molecular weight excluding hydrogens is 366 g/mol. The van der Waals surface area contributed by atoms with Gasteiger partial charge in [0.1, 0.15) is 11.8 Å². The van der Waals surface area contributed by atoms with Crippen molar-refractivity contribution in [3.8, 4) is 5.75 Å². The molecule has 1 aliphatic heterocycles. The molecule has 0 spiro atoms. The minimum Gasteiger partial charge on any atom is -0.494 e. The molecule has 0 aromatic heterocycles. The highest BCUT2D eigenvalue weighted by Crippen LogP contribution is 2.16. The van der Waals surface area contributed by atoms with E-state index in [1.807, 2.05) is 20.8 Å². The van der Waals surface area contributed by atoms with Crippen molar-refractivity contribution in [2.24, 2.45) is 5.92 Å². The highest BCUT2D eigenvalue weighted by molar-refractivity contribution is 5.97. The summed E-state index contributed by atoms with van der Waals surface area (Å²) >= 11 is 0. The zero-order valence-corrected chi connectivity index (χ0v) is 18.4. The van der Waals surface area contributed by atoms with E-state index in [4.69, 9.17) is 4.74 Å². The number of carbonyl (C=O) groups excluding carboxylic acids is 2. The lowest BCUT2D eigenvalue weighted by molar-refractivity contribution is -0.123. The average molecular weight is 404 g/mol. The molecule has 2 atom stereocenters. The lowest BCUT2D eigenvalue weighted by Gasteiger charge is -2.33. The van der Waals surface area contributed by atoms with Crippen LogP contribution in [-0.2, 0) is 4.79 Å². The van der Waals surface area contributed by atoms with Crippen LogP contribution in [0.15, 0.2) is 24.3 Å². The predicted molar refractivity (Wildman–Crippen MR) is 116 cm³/mol. The number of nitrogens with zero attached hydrogens (tertiary/aromatic N) is 1. The standard InChI is InChI=1S/C23H37N3O3/c1-5-29-20-12-10-19(11-13-20)22(27)25-21(17(2)3)23(28)24-14-8-16-26-15-7-6-9-18(26)4/h10-13,17-18,21H,5-9,14-16H2,1-4H3,(H,24,28)(H,25,27). The first kappa shape index (κ1) is 23.2. The zero-order chi connectivity index (χ0) is 21.2. The van der Waals surface area contributed by atoms with Crippen molar-refractivity contribution in [3.05, 3.63) is 29.8 Å². The molecule has 1 aromatic carbocycles. The molecule has 1 fully saturated rings. The Morgan fingerprint density at radius 1 is 1.21 bits per heavy atom. The van der Waals surface area contributed by atoms with Crippen LogP contribution in [0.2, 0.25) is 0 Å². The number of rotatable bonds is 10. The molecule has 1 aromatic rings. The van der Waals surface area contributed by atoms with Crippen molar-refractivity contribution in [2.45, 2.75) is 65.5 Å². The molecule has 2 rings (SSSR count). The molecule has 2 unspecified atom stereocenters. The predicted octanol–water partition coefficient (Wildman–Crippen LogP) is 3.22. The first-order valence-electron chi connectivity index (χ1n) is 11.0. The molecule has 6 heteroatoms. The number of likely N-dealkylation sites (tertiary alicyclic amines) is 1. The molecule has 162 valence electrons. The monoisotopic (exact) mass is 403 g/mol. The van der Waals surface area contributed by atoms with Crippen molar-refractivity contribution in [2.75, 3.05) is 26.2 Å². The summed E-state index contributed by atoms with van der Waals surface area (Å²) in [6.07, 6.45) is 4.77. The Bertz CT molecular complexity index is 645. The third-order valence-electron chi connectivity index (χ3n) is 5.53. The van der Waals surface area contributed by atoms with Gasteiger partial charge in [0.2, 0.25) is 5.91 Å². The first-order chi connectivity index (χ1) is 13.9. The SMILES string of the molecule is CCOc1ccc(C(=O)NC(C(=O)NCCCN2CCCCC2C)C(C)C)cc1. The molecule has 0 radical (unpaired) electrons. The van der Waals surface area contributed by atoms with Gasteiger partial charge in [0.15, 0.2) is 0 Å². The Morgan fingerprint density at radius 3 is 2.55 bits per heavy atom. The maximum Gasteiger partial charge on any atom is 0.251 e. The summed E-state index contributed by atoms with van der Waals surface area (Å²) in [6, 6.07) is 7.05. The van der Waals surface area contributed by atoms with Crippen LogP contribution in [0.3, 0.4) is 0 Å². The molecule has 0 bridgehead atoms. The number of piperidine rings is 1. The minimum absolute atomic E-state index is 0.00349. The van der Waals surface area contributed by atoms with E-state index in [1.165, 1.54) is 19.3 Å². The summed E-state index contributed by atoms with van der Waals surface area (Å²) in [6.45, 7) is 11.5. The van der Waals surface area contributed by atoms with Gasteiger partial charge in [-0.1, -0.05) is 20.3 Å². The second kappa shape index (κ2) is 11.8. The molecule has 1 aliphatic rings. The molecule has 0 saturated carbocycles. The van der Waals surface area contributed by atoms with Gasteiger partial charge in [0.05, 0.1) is 6.61 Å². The van der Waals surface area contributed by atoms with Gasteiger partial charge in [-0.3, -0.25) is 9.59 Å². The summed E-state index contributed by atoms with van der Waals surface area (Å²) in [4.78, 5) is 27.7. The minimum atomic E-state index is -0.553. The van der Waals surface area contributed by atoms with Crippen molar-refractivity contribution < 1.29 is 14.3 Å². The number of benzene rings is 1. The van der Waals surface area contributed by atoms with E-state index in [0.29, 0.717) is 24.8 Å². The van der Waals surface area contributed by atoms with E-state index < -0.39 is 6.04 Å². The molecule has 2 N–H and O–H groups in total. The normalized spacial score (nSPS) is 18.3. The maximum atomic E-state index is 12.6. The first-order valence-corrected chi connectivity index (χ1v) is 11.0. The van der Waals surface area contributed by atoms with Gasteiger partial charge in [-0.25, -0.2) is 0 Å². The van der Waals surface area contributed by atoms with Crippen LogP contribution in [0.4, 0.5) is 0 Å². The Kier molecular flexibility index (Phi) is 9.45. The van der Waals surface area contributed by atoms with Gasteiger partial charge in [0.25, 0.3) is 5.91 Å². The van der Waals surface area contributed by atoms with Crippen LogP contribution in [0.25, 0.3) is 0 Å². The Morgan fingerprint density at radius 2 is 1.93 bits per heavy atom. The second-order valence-electron chi connectivity index (χ2n) is 8.18. The van der Waals surface area contributed by atoms with E-state index in [1.54, 1.807) is 24.3 Å². The largest absolute Gasteiger partial charge is 0.494 e. The third kappa shape index (κ3) is 7.35. The van der Waals surface area contributed by atoms with Gasteiger partial charge < -0.3 is 20.3 Å². The lowest BCUT2D eigenvalue weighted by Crippen LogP contribution is -2.50. The second-order valence-corrected chi connectivity index (χ2v) is 8.18. The van der Waals surface area contributed by atoms with Crippen LogP contribution in [0.1, 0.15) is 63.7 Å². The Hall–Kier alpha value is -2.08. The topological polar surface area (TPSA) is 70.7 Å². The van der Waals surface area contributed by atoms with Crippen molar-refractivity contribution in [3.63, 3.8) is 0 Å². The highest BCUT2D eigenvalue weighted by Gasteiger charge is 2.24. The fraction of sp³-hybridized carbons (Fsp3) is 0.652. The molecule has 6 nitrogen and oxygen atoms in total. The molecule has 1 saturated heterocycles. The summed E-state index contributed by atoms with van der Waals surface area (Å²) < 4.78 is 5.40. The number of hydrogen-bond acceptors (Lipinski definition) is 4. The van der Waals surface area contributed by atoms with Crippen LogP contribution >= 0.6 is 0 Å². The lowest BCUT2D eigenvalue weighted by atomic mass is 10.0. The molecule has 29 heavy (non-hydrogen) atoms. The van der Waals surface area contributed by atoms with Gasteiger partial charge in [-0.2, -0.15) is 0 Å². The van der Waals surface area contributed by atoms with E-state index in [2.05, 4.69) is 22.5 Å². The molecule has 0 aliphatic carbocycles. The van der Waals surface area contributed by atoms with Gasteiger partial charge in [-0.15, -0.1) is 0 Å². The number of hydrogen-bond donors (Lipinski definition) is 2. The Labute approximate surface area is 175 Å². The van der Waals surface area contributed by atoms with Gasteiger partial charge >= 0.3 is 0 Å². The highest BCUT2D eigenvalue weighted by atomic mass is 16.5.